The molecule has 4 unspecified atom stereocenters. The van der Waals surface area contributed by atoms with Crippen molar-refractivity contribution in [1.82, 2.24) is 4.90 Å². The molecule has 0 bridgehead atoms. The zero-order chi connectivity index (χ0) is 14.7. The molecule has 4 atom stereocenters. The SMILES string of the molecule is CCc1ccc(C(O)C(C)N2C(C)CCC2CC)cc1. The fourth-order valence-electron chi connectivity index (χ4n) is 3.63. The molecular formula is C18H29NO. The quantitative estimate of drug-likeness (QED) is 0.880. The van der Waals surface area contributed by atoms with Crippen LogP contribution in [-0.2, 0) is 6.42 Å². The molecule has 2 heteroatoms. The minimum Gasteiger partial charge on any atom is -0.387 e. The molecule has 1 aliphatic rings. The van der Waals surface area contributed by atoms with Crippen LogP contribution in [0.2, 0.25) is 0 Å². The molecule has 0 aliphatic carbocycles. The van der Waals surface area contributed by atoms with Crippen molar-refractivity contribution in [2.45, 2.75) is 77.6 Å². The lowest BCUT2D eigenvalue weighted by Gasteiger charge is -2.36. The van der Waals surface area contributed by atoms with Gasteiger partial charge < -0.3 is 5.11 Å². The van der Waals surface area contributed by atoms with E-state index in [9.17, 15) is 5.11 Å². The molecule has 112 valence electrons. The molecule has 2 nitrogen and oxygen atoms in total. The monoisotopic (exact) mass is 275 g/mol. The number of hydrogen-bond donors (Lipinski definition) is 1. The highest BCUT2D eigenvalue weighted by molar-refractivity contribution is 5.25. The minimum absolute atomic E-state index is 0.185. The second kappa shape index (κ2) is 6.73. The van der Waals surface area contributed by atoms with Gasteiger partial charge in [-0.3, -0.25) is 4.90 Å². The van der Waals surface area contributed by atoms with Gasteiger partial charge in [-0.25, -0.2) is 0 Å². The minimum atomic E-state index is -0.393. The van der Waals surface area contributed by atoms with Crippen LogP contribution in [0.15, 0.2) is 24.3 Å². The molecular weight excluding hydrogens is 246 g/mol. The Labute approximate surface area is 123 Å². The van der Waals surface area contributed by atoms with Crippen LogP contribution in [0.1, 0.15) is 64.2 Å². The Morgan fingerprint density at radius 1 is 1.20 bits per heavy atom. The summed E-state index contributed by atoms with van der Waals surface area (Å²) in [5.41, 5.74) is 2.37. The van der Waals surface area contributed by atoms with E-state index in [4.69, 9.17) is 0 Å². The summed E-state index contributed by atoms with van der Waals surface area (Å²) in [6, 6.07) is 9.84. The average molecular weight is 275 g/mol. The van der Waals surface area contributed by atoms with Gasteiger partial charge in [0.05, 0.1) is 6.10 Å². The van der Waals surface area contributed by atoms with Crippen molar-refractivity contribution in [3.8, 4) is 0 Å². The van der Waals surface area contributed by atoms with Gasteiger partial charge in [-0.1, -0.05) is 38.1 Å². The molecule has 0 spiro atoms. The highest BCUT2D eigenvalue weighted by Crippen LogP contribution is 2.33. The Morgan fingerprint density at radius 2 is 1.85 bits per heavy atom. The van der Waals surface area contributed by atoms with Crippen LogP contribution in [0, 0.1) is 0 Å². The van der Waals surface area contributed by atoms with Crippen molar-refractivity contribution in [3.05, 3.63) is 35.4 Å². The van der Waals surface area contributed by atoms with Crippen molar-refractivity contribution in [2.75, 3.05) is 0 Å². The third kappa shape index (κ3) is 3.07. The number of benzene rings is 1. The molecule has 1 aliphatic heterocycles. The highest BCUT2D eigenvalue weighted by atomic mass is 16.3. The molecule has 1 fully saturated rings. The molecule has 0 amide bonds. The van der Waals surface area contributed by atoms with Crippen LogP contribution in [0.3, 0.4) is 0 Å². The van der Waals surface area contributed by atoms with Crippen molar-refractivity contribution in [3.63, 3.8) is 0 Å². The first-order valence-corrected chi connectivity index (χ1v) is 8.12. The van der Waals surface area contributed by atoms with E-state index in [0.717, 1.165) is 12.0 Å². The van der Waals surface area contributed by atoms with Crippen molar-refractivity contribution >= 4 is 0 Å². The summed E-state index contributed by atoms with van der Waals surface area (Å²) in [4.78, 5) is 2.53. The van der Waals surface area contributed by atoms with Gasteiger partial charge >= 0.3 is 0 Å². The van der Waals surface area contributed by atoms with Gasteiger partial charge in [0, 0.05) is 18.1 Å². The van der Waals surface area contributed by atoms with Crippen LogP contribution < -0.4 is 0 Å². The molecule has 1 aromatic carbocycles. The van der Waals surface area contributed by atoms with Gasteiger partial charge in [-0.2, -0.15) is 0 Å². The van der Waals surface area contributed by atoms with E-state index < -0.39 is 6.10 Å². The van der Waals surface area contributed by atoms with E-state index in [1.165, 1.54) is 24.8 Å². The molecule has 0 saturated carbocycles. The number of rotatable bonds is 5. The fourth-order valence-corrected chi connectivity index (χ4v) is 3.63. The zero-order valence-corrected chi connectivity index (χ0v) is 13.3. The molecule has 1 N–H and O–H groups in total. The smallest absolute Gasteiger partial charge is 0.0942 e. The number of likely N-dealkylation sites (tertiary alicyclic amines) is 1. The van der Waals surface area contributed by atoms with Crippen LogP contribution in [0.25, 0.3) is 0 Å². The first-order valence-electron chi connectivity index (χ1n) is 8.12. The van der Waals surface area contributed by atoms with Gasteiger partial charge in [0.2, 0.25) is 0 Å². The fraction of sp³-hybridized carbons (Fsp3) is 0.667. The van der Waals surface area contributed by atoms with Crippen molar-refractivity contribution in [1.29, 1.82) is 0 Å². The lowest BCUT2D eigenvalue weighted by molar-refractivity contribution is 0.0307. The predicted molar refractivity (Wildman–Crippen MR) is 84.9 cm³/mol. The van der Waals surface area contributed by atoms with Crippen molar-refractivity contribution in [2.24, 2.45) is 0 Å². The lowest BCUT2D eigenvalue weighted by Crippen LogP contribution is -2.44. The van der Waals surface area contributed by atoms with E-state index >= 15 is 0 Å². The Hall–Kier alpha value is -0.860. The normalized spacial score (nSPS) is 26.6. The highest BCUT2D eigenvalue weighted by Gasteiger charge is 2.35. The zero-order valence-electron chi connectivity index (χ0n) is 13.3. The van der Waals surface area contributed by atoms with Gasteiger partial charge in [0.1, 0.15) is 0 Å². The van der Waals surface area contributed by atoms with E-state index in [0.29, 0.717) is 12.1 Å². The molecule has 0 radical (unpaired) electrons. The summed E-state index contributed by atoms with van der Waals surface area (Å²) in [5, 5.41) is 10.7. The summed E-state index contributed by atoms with van der Waals surface area (Å²) < 4.78 is 0. The molecule has 2 rings (SSSR count). The lowest BCUT2D eigenvalue weighted by atomic mass is 9.99. The Bertz CT molecular complexity index is 414. The molecule has 1 saturated heterocycles. The van der Waals surface area contributed by atoms with E-state index in [-0.39, 0.29) is 6.04 Å². The van der Waals surface area contributed by atoms with Crippen LogP contribution in [-0.4, -0.2) is 28.1 Å². The number of aliphatic hydroxyl groups is 1. The van der Waals surface area contributed by atoms with Crippen molar-refractivity contribution < 1.29 is 5.11 Å². The Kier molecular flexibility index (Phi) is 5.22. The number of nitrogens with zero attached hydrogens (tertiary/aromatic N) is 1. The van der Waals surface area contributed by atoms with Crippen LogP contribution >= 0.6 is 0 Å². The maximum Gasteiger partial charge on any atom is 0.0942 e. The second-order valence-corrected chi connectivity index (χ2v) is 6.22. The van der Waals surface area contributed by atoms with E-state index in [1.807, 2.05) is 0 Å². The van der Waals surface area contributed by atoms with Gasteiger partial charge in [-0.05, 0) is 50.7 Å². The summed E-state index contributed by atoms with van der Waals surface area (Å²) in [6.07, 6.45) is 4.35. The molecule has 1 heterocycles. The molecule has 20 heavy (non-hydrogen) atoms. The largest absolute Gasteiger partial charge is 0.387 e. The standard InChI is InChI=1S/C18H29NO/c1-5-15-8-10-16(11-9-15)18(20)14(4)19-13(3)7-12-17(19)6-2/h8-11,13-14,17-18,20H,5-7,12H2,1-4H3. The number of aryl methyl sites for hydroxylation is 1. The second-order valence-electron chi connectivity index (χ2n) is 6.22. The average Bonchev–Trinajstić information content (AvgIpc) is 2.86. The Balaban J connectivity index is 2.12. The topological polar surface area (TPSA) is 23.5 Å². The van der Waals surface area contributed by atoms with Gasteiger partial charge in [0.15, 0.2) is 0 Å². The first kappa shape index (κ1) is 15.5. The third-order valence-corrected chi connectivity index (χ3v) is 4.98. The molecule has 1 aromatic rings. The third-order valence-electron chi connectivity index (χ3n) is 4.98. The maximum atomic E-state index is 10.7. The maximum absolute atomic E-state index is 10.7. The van der Waals surface area contributed by atoms with Crippen LogP contribution in [0.5, 0.6) is 0 Å². The Morgan fingerprint density at radius 3 is 2.40 bits per heavy atom. The number of hydrogen-bond acceptors (Lipinski definition) is 2. The van der Waals surface area contributed by atoms with Gasteiger partial charge in [0.25, 0.3) is 0 Å². The summed E-state index contributed by atoms with van der Waals surface area (Å²) >= 11 is 0. The van der Waals surface area contributed by atoms with Crippen LogP contribution in [0.4, 0.5) is 0 Å². The van der Waals surface area contributed by atoms with E-state index in [1.54, 1.807) is 0 Å². The summed E-state index contributed by atoms with van der Waals surface area (Å²) in [6.45, 7) is 8.87. The summed E-state index contributed by atoms with van der Waals surface area (Å²) in [5.74, 6) is 0. The first-order chi connectivity index (χ1) is 9.58. The predicted octanol–water partition coefficient (Wildman–Crippen LogP) is 3.93. The number of aliphatic hydroxyl groups excluding tert-OH is 1. The van der Waals surface area contributed by atoms with E-state index in [2.05, 4.69) is 56.9 Å². The molecule has 0 aromatic heterocycles. The van der Waals surface area contributed by atoms with Gasteiger partial charge in [-0.15, -0.1) is 0 Å². The summed E-state index contributed by atoms with van der Waals surface area (Å²) in [7, 11) is 0.